The van der Waals surface area contributed by atoms with Gasteiger partial charge in [-0.25, -0.2) is 4.98 Å². The monoisotopic (exact) mass is 387 g/mol. The van der Waals surface area contributed by atoms with Crippen molar-refractivity contribution in [3.8, 4) is 11.1 Å². The van der Waals surface area contributed by atoms with Gasteiger partial charge in [0.15, 0.2) is 0 Å². The molecule has 5 nitrogen and oxygen atoms in total. The molecule has 0 bridgehead atoms. The largest absolute Gasteiger partial charge is 0.352 e. The van der Waals surface area contributed by atoms with Crippen LogP contribution in [-0.2, 0) is 11.3 Å². The van der Waals surface area contributed by atoms with Gasteiger partial charge in [0.25, 0.3) is 5.56 Å². The lowest BCUT2D eigenvalue weighted by Gasteiger charge is -2.13. The molecule has 0 aliphatic heterocycles. The Balaban J connectivity index is 1.65. The van der Waals surface area contributed by atoms with Gasteiger partial charge in [0.05, 0.1) is 11.7 Å². The Bertz CT molecular complexity index is 1020. The van der Waals surface area contributed by atoms with Crippen LogP contribution in [0.25, 0.3) is 21.3 Å². The number of rotatable bonds is 5. The van der Waals surface area contributed by atoms with Crippen molar-refractivity contribution in [1.82, 2.24) is 14.9 Å². The first-order valence-corrected chi connectivity index (χ1v) is 9.80. The third-order valence-electron chi connectivity index (χ3n) is 4.75. The van der Waals surface area contributed by atoms with E-state index in [4.69, 9.17) is 11.6 Å². The molecule has 2 aromatic heterocycles. The van der Waals surface area contributed by atoms with Crippen LogP contribution < -0.4 is 10.9 Å². The number of hydrogen-bond acceptors (Lipinski definition) is 4. The first kappa shape index (κ1) is 17.2. The minimum Gasteiger partial charge on any atom is -0.352 e. The number of carbonyl (C=O) groups excluding carboxylic acids is 1. The van der Waals surface area contributed by atoms with Crippen LogP contribution in [0.3, 0.4) is 0 Å². The number of aromatic nitrogens is 2. The maximum absolute atomic E-state index is 12.9. The van der Waals surface area contributed by atoms with Gasteiger partial charge in [-0.3, -0.25) is 14.2 Å². The first-order chi connectivity index (χ1) is 12.5. The van der Waals surface area contributed by atoms with Crippen molar-refractivity contribution in [3.63, 3.8) is 0 Å². The zero-order valence-electron chi connectivity index (χ0n) is 14.2. The van der Waals surface area contributed by atoms with E-state index in [1.54, 1.807) is 12.1 Å². The Kier molecular flexibility index (Phi) is 4.54. The molecule has 2 heterocycles. The van der Waals surface area contributed by atoms with Gasteiger partial charge in [-0.15, -0.1) is 11.3 Å². The zero-order chi connectivity index (χ0) is 18.3. The highest BCUT2D eigenvalue weighted by atomic mass is 35.5. The van der Waals surface area contributed by atoms with Gasteiger partial charge in [-0.05, 0) is 43.4 Å². The number of fused-ring (bicyclic) bond motifs is 1. The molecule has 1 saturated carbocycles. The molecule has 0 radical (unpaired) electrons. The number of thiophene rings is 1. The first-order valence-electron chi connectivity index (χ1n) is 8.55. The summed E-state index contributed by atoms with van der Waals surface area (Å²) in [6.07, 6.45) is 3.77. The summed E-state index contributed by atoms with van der Waals surface area (Å²) in [7, 11) is 0. The summed E-state index contributed by atoms with van der Waals surface area (Å²) in [5, 5.41) is 6.08. The van der Waals surface area contributed by atoms with Crippen molar-refractivity contribution in [2.75, 3.05) is 0 Å². The van der Waals surface area contributed by atoms with Gasteiger partial charge in [0, 0.05) is 22.0 Å². The van der Waals surface area contributed by atoms with Gasteiger partial charge in [0.2, 0.25) is 5.91 Å². The molecule has 4 rings (SSSR count). The van der Waals surface area contributed by atoms with Crippen LogP contribution in [0.5, 0.6) is 0 Å². The van der Waals surface area contributed by atoms with Gasteiger partial charge < -0.3 is 5.32 Å². The van der Waals surface area contributed by atoms with E-state index in [9.17, 15) is 9.59 Å². The molecule has 1 N–H and O–H groups in total. The fraction of sp³-hybridized carbons (Fsp3) is 0.316. The third kappa shape index (κ3) is 3.39. The van der Waals surface area contributed by atoms with E-state index in [0.29, 0.717) is 21.2 Å². The van der Waals surface area contributed by atoms with Gasteiger partial charge >= 0.3 is 0 Å². The summed E-state index contributed by atoms with van der Waals surface area (Å²) in [6, 6.07) is 7.50. The zero-order valence-corrected chi connectivity index (χ0v) is 15.8. The van der Waals surface area contributed by atoms with E-state index in [2.05, 4.69) is 10.3 Å². The van der Waals surface area contributed by atoms with Gasteiger partial charge in [0.1, 0.15) is 11.4 Å². The molecule has 1 fully saturated rings. The Morgan fingerprint density at radius 2 is 2.12 bits per heavy atom. The van der Waals surface area contributed by atoms with Crippen molar-refractivity contribution in [2.45, 2.75) is 32.4 Å². The second-order valence-electron chi connectivity index (χ2n) is 6.71. The van der Waals surface area contributed by atoms with Crippen LogP contribution in [0.2, 0.25) is 5.02 Å². The molecule has 3 aromatic rings. The summed E-state index contributed by atoms with van der Waals surface area (Å²) in [5.41, 5.74) is 1.53. The fourth-order valence-electron chi connectivity index (χ4n) is 3.09. The Hall–Kier alpha value is -2.18. The van der Waals surface area contributed by atoms with Crippen LogP contribution >= 0.6 is 22.9 Å². The van der Waals surface area contributed by atoms with Crippen molar-refractivity contribution < 1.29 is 4.79 Å². The Labute approximate surface area is 159 Å². The molecule has 1 atom stereocenters. The minimum absolute atomic E-state index is 0.0191. The van der Waals surface area contributed by atoms with Gasteiger partial charge in [-0.2, -0.15) is 0 Å². The summed E-state index contributed by atoms with van der Waals surface area (Å²) in [4.78, 5) is 30.2. The number of amides is 1. The lowest BCUT2D eigenvalue weighted by molar-refractivity contribution is -0.122. The number of nitrogens with zero attached hydrogens (tertiary/aromatic N) is 2. The second kappa shape index (κ2) is 6.85. The van der Waals surface area contributed by atoms with Crippen LogP contribution in [0.15, 0.2) is 40.8 Å². The highest BCUT2D eigenvalue weighted by Crippen LogP contribution is 2.32. The molecule has 1 amide bonds. The van der Waals surface area contributed by atoms with Crippen molar-refractivity contribution in [2.24, 2.45) is 5.92 Å². The summed E-state index contributed by atoms with van der Waals surface area (Å²) in [6.45, 7) is 1.99. The molecular formula is C19H18ClN3O2S. The molecular weight excluding hydrogens is 370 g/mol. The lowest BCUT2D eigenvalue weighted by atomic mass is 10.1. The molecule has 1 aliphatic carbocycles. The van der Waals surface area contributed by atoms with Crippen molar-refractivity contribution in [1.29, 1.82) is 0 Å². The van der Waals surface area contributed by atoms with E-state index in [-0.39, 0.29) is 24.1 Å². The molecule has 0 unspecified atom stereocenters. The lowest BCUT2D eigenvalue weighted by Crippen LogP contribution is -2.38. The van der Waals surface area contributed by atoms with E-state index in [0.717, 1.165) is 24.0 Å². The number of carbonyl (C=O) groups is 1. The molecule has 134 valence electrons. The summed E-state index contributed by atoms with van der Waals surface area (Å²) < 4.78 is 1.38. The predicted octanol–water partition coefficient (Wildman–Crippen LogP) is 3.69. The third-order valence-corrected chi connectivity index (χ3v) is 5.89. The Morgan fingerprint density at radius 3 is 2.81 bits per heavy atom. The molecule has 0 spiro atoms. The summed E-state index contributed by atoms with van der Waals surface area (Å²) >= 11 is 7.37. The molecule has 1 aliphatic rings. The Morgan fingerprint density at radius 1 is 1.38 bits per heavy atom. The summed E-state index contributed by atoms with van der Waals surface area (Å²) in [5.74, 6) is 0.417. The molecule has 0 saturated heterocycles. The second-order valence-corrected chi connectivity index (χ2v) is 8.00. The van der Waals surface area contributed by atoms with Crippen LogP contribution in [-0.4, -0.2) is 21.5 Å². The molecule has 1 aromatic carbocycles. The van der Waals surface area contributed by atoms with E-state index in [1.807, 2.05) is 24.4 Å². The fourth-order valence-corrected chi connectivity index (χ4v) is 4.12. The molecule has 26 heavy (non-hydrogen) atoms. The quantitative estimate of drug-likeness (QED) is 0.726. The van der Waals surface area contributed by atoms with Gasteiger partial charge in [-0.1, -0.05) is 23.7 Å². The molecule has 7 heteroatoms. The van der Waals surface area contributed by atoms with E-state index < -0.39 is 0 Å². The van der Waals surface area contributed by atoms with Crippen LogP contribution in [0.1, 0.15) is 19.8 Å². The normalized spacial score (nSPS) is 15.2. The SMILES string of the molecule is C[C@H](NC(=O)Cn1cnc2scc(-c3ccc(Cl)cc3)c2c1=O)C1CC1. The number of nitrogens with one attached hydrogen (secondary N) is 1. The highest BCUT2D eigenvalue weighted by molar-refractivity contribution is 7.17. The van der Waals surface area contributed by atoms with E-state index >= 15 is 0 Å². The average Bonchev–Trinajstić information content (AvgIpc) is 3.38. The smallest absolute Gasteiger partial charge is 0.263 e. The average molecular weight is 388 g/mol. The standard InChI is InChI=1S/C19H18ClN3O2S/c1-11(12-2-3-12)22-16(24)8-23-10-21-18-17(19(23)25)15(9-26-18)13-4-6-14(20)7-5-13/h4-7,9-12H,2-3,8H2,1H3,(H,22,24)/t11-/m0/s1. The minimum atomic E-state index is -0.199. The highest BCUT2D eigenvalue weighted by Gasteiger charge is 2.29. The van der Waals surface area contributed by atoms with Crippen LogP contribution in [0, 0.1) is 5.92 Å². The van der Waals surface area contributed by atoms with E-state index in [1.165, 1.54) is 22.2 Å². The van der Waals surface area contributed by atoms with Crippen LogP contribution in [0.4, 0.5) is 0 Å². The topological polar surface area (TPSA) is 64.0 Å². The maximum atomic E-state index is 12.9. The number of halogens is 1. The number of hydrogen-bond donors (Lipinski definition) is 1. The number of benzene rings is 1. The van der Waals surface area contributed by atoms with Crippen molar-refractivity contribution in [3.05, 3.63) is 51.3 Å². The maximum Gasteiger partial charge on any atom is 0.263 e. The van der Waals surface area contributed by atoms with Crippen molar-refractivity contribution >= 4 is 39.1 Å². The predicted molar refractivity (Wildman–Crippen MR) is 105 cm³/mol.